The van der Waals surface area contributed by atoms with Crippen molar-refractivity contribution in [1.82, 2.24) is 0 Å². The predicted octanol–water partition coefficient (Wildman–Crippen LogP) is 13.0. The Hall–Kier alpha value is -4.85. The van der Waals surface area contributed by atoms with Crippen LogP contribution in [-0.2, 0) is 6.42 Å². The highest BCUT2D eigenvalue weighted by Crippen LogP contribution is 2.53. The van der Waals surface area contributed by atoms with Crippen LogP contribution in [0, 0.1) is 0 Å². The van der Waals surface area contributed by atoms with Gasteiger partial charge in [0, 0.05) is 15.7 Å². The van der Waals surface area contributed by atoms with Crippen LogP contribution in [-0.4, -0.2) is 0 Å². The van der Waals surface area contributed by atoms with E-state index in [4.69, 9.17) is 0 Å². The third-order valence-corrected chi connectivity index (χ3v) is 11.5. The number of hydrogen-bond acceptors (Lipinski definition) is 1. The molecule has 1 heterocycles. The van der Waals surface area contributed by atoms with Gasteiger partial charge >= 0.3 is 0 Å². The normalized spacial score (nSPS) is 15.2. The molecule has 7 aromatic carbocycles. The molecule has 0 saturated heterocycles. The van der Waals surface area contributed by atoms with Crippen LogP contribution in [0.3, 0.4) is 0 Å². The molecule has 0 nitrogen and oxygen atoms in total. The van der Waals surface area contributed by atoms with Gasteiger partial charge in [-0.15, -0.1) is 0 Å². The summed E-state index contributed by atoms with van der Waals surface area (Å²) in [6, 6.07) is 51.9. The zero-order valence-electron chi connectivity index (χ0n) is 26.2. The van der Waals surface area contributed by atoms with Gasteiger partial charge in [-0.1, -0.05) is 146 Å². The van der Waals surface area contributed by atoms with E-state index in [-0.39, 0.29) is 0 Å². The van der Waals surface area contributed by atoms with Gasteiger partial charge < -0.3 is 0 Å². The average Bonchev–Trinajstić information content (AvgIpc) is 3.27. The molecule has 220 valence electrons. The van der Waals surface area contributed by atoms with Gasteiger partial charge in [0.2, 0.25) is 0 Å². The SMILES string of the molecule is CCC1=C(C)c2cccc3c2C1Cc1cc(-c2ccc(-c4c5ccccc5c(-c5ccccc5)c5ccccc45)cc2)ccc1S3. The van der Waals surface area contributed by atoms with E-state index in [1.165, 1.54) is 81.4 Å². The van der Waals surface area contributed by atoms with Crippen molar-refractivity contribution in [3.63, 3.8) is 0 Å². The van der Waals surface area contributed by atoms with Gasteiger partial charge in [0.05, 0.1) is 0 Å². The Labute approximate surface area is 275 Å². The fourth-order valence-electron chi connectivity index (χ4n) is 8.21. The largest absolute Gasteiger partial charge is 0.0895 e. The Morgan fingerprint density at radius 3 is 1.74 bits per heavy atom. The minimum atomic E-state index is 0.489. The van der Waals surface area contributed by atoms with Crippen molar-refractivity contribution < 1.29 is 0 Å². The molecule has 0 N–H and O–H groups in total. The second kappa shape index (κ2) is 10.9. The van der Waals surface area contributed by atoms with E-state index in [2.05, 4.69) is 153 Å². The molecule has 0 aromatic heterocycles. The van der Waals surface area contributed by atoms with Crippen LogP contribution >= 0.6 is 11.8 Å². The van der Waals surface area contributed by atoms with Crippen LogP contribution in [0.4, 0.5) is 0 Å². The summed E-state index contributed by atoms with van der Waals surface area (Å²) in [6.07, 6.45) is 2.19. The van der Waals surface area contributed by atoms with Crippen LogP contribution in [0.2, 0.25) is 0 Å². The van der Waals surface area contributed by atoms with Crippen molar-refractivity contribution >= 4 is 38.9 Å². The van der Waals surface area contributed by atoms with E-state index in [1.807, 2.05) is 11.8 Å². The molecule has 0 fully saturated rings. The standard InChI is InChI=1S/C45H34S/c1-3-34-28(2)35-18-11-19-42-45(35)40(34)27-33-26-32(24-25-41(33)46-42)29-20-22-31(23-21-29)44-38-16-9-7-14-36(38)43(30-12-5-4-6-13-30)37-15-8-10-17-39(37)44/h4-26,40H,3,27H2,1-2H3. The first-order chi connectivity index (χ1) is 22.7. The summed E-state index contributed by atoms with van der Waals surface area (Å²) in [7, 11) is 0. The van der Waals surface area contributed by atoms with Gasteiger partial charge in [-0.2, -0.15) is 0 Å². The number of fused-ring (bicyclic) bond motifs is 3. The predicted molar refractivity (Wildman–Crippen MR) is 198 cm³/mol. The third kappa shape index (κ3) is 4.22. The molecule has 0 saturated carbocycles. The third-order valence-electron chi connectivity index (χ3n) is 10.3. The van der Waals surface area contributed by atoms with E-state index >= 15 is 0 Å². The topological polar surface area (TPSA) is 0 Å². The summed E-state index contributed by atoms with van der Waals surface area (Å²) >= 11 is 1.95. The summed E-state index contributed by atoms with van der Waals surface area (Å²) in [5, 5.41) is 5.17. The lowest BCUT2D eigenvalue weighted by Crippen LogP contribution is -2.03. The fourth-order valence-corrected chi connectivity index (χ4v) is 9.36. The fraction of sp³-hybridized carbons (Fsp3) is 0.111. The zero-order chi connectivity index (χ0) is 30.8. The van der Waals surface area contributed by atoms with Crippen molar-refractivity contribution in [3.05, 3.63) is 162 Å². The highest BCUT2D eigenvalue weighted by molar-refractivity contribution is 7.99. The number of rotatable bonds is 4. The van der Waals surface area contributed by atoms with E-state index in [0.717, 1.165) is 12.8 Å². The molecule has 1 heteroatoms. The monoisotopic (exact) mass is 606 g/mol. The first-order valence-electron chi connectivity index (χ1n) is 16.4. The lowest BCUT2D eigenvalue weighted by molar-refractivity contribution is 0.755. The lowest BCUT2D eigenvalue weighted by atomic mass is 9.85. The summed E-state index contributed by atoms with van der Waals surface area (Å²) in [4.78, 5) is 2.83. The van der Waals surface area contributed by atoms with Crippen LogP contribution < -0.4 is 0 Å². The Bertz CT molecular complexity index is 2280. The van der Waals surface area contributed by atoms with Crippen LogP contribution in [0.5, 0.6) is 0 Å². The lowest BCUT2D eigenvalue weighted by Gasteiger charge is -2.18. The molecule has 0 radical (unpaired) electrons. The smallest absolute Gasteiger partial charge is 0.0166 e. The number of hydrogen-bond donors (Lipinski definition) is 0. The van der Waals surface area contributed by atoms with E-state index in [9.17, 15) is 0 Å². The molecule has 1 atom stereocenters. The molecule has 1 aliphatic heterocycles. The van der Waals surface area contributed by atoms with Gasteiger partial charge in [-0.3, -0.25) is 0 Å². The summed E-state index contributed by atoms with van der Waals surface area (Å²) in [5.41, 5.74) is 15.3. The first-order valence-corrected chi connectivity index (χ1v) is 17.2. The van der Waals surface area contributed by atoms with Crippen molar-refractivity contribution in [3.8, 4) is 33.4 Å². The minimum Gasteiger partial charge on any atom is -0.0895 e. The van der Waals surface area contributed by atoms with Gasteiger partial charge in [-0.25, -0.2) is 0 Å². The maximum atomic E-state index is 2.46. The summed E-state index contributed by atoms with van der Waals surface area (Å²) in [6.45, 7) is 4.65. The molecular formula is C45H34S. The Balaban J connectivity index is 1.14. The maximum absolute atomic E-state index is 2.46. The second-order valence-electron chi connectivity index (χ2n) is 12.7. The first kappa shape index (κ1) is 27.5. The average molecular weight is 607 g/mol. The molecule has 2 aliphatic rings. The molecule has 46 heavy (non-hydrogen) atoms. The minimum absolute atomic E-state index is 0.489. The van der Waals surface area contributed by atoms with Crippen molar-refractivity contribution in [2.75, 3.05) is 0 Å². The van der Waals surface area contributed by atoms with Gasteiger partial charge in [0.25, 0.3) is 0 Å². The Kier molecular flexibility index (Phi) is 6.50. The van der Waals surface area contributed by atoms with Crippen molar-refractivity contribution in [2.45, 2.75) is 42.4 Å². The molecule has 1 aliphatic carbocycles. The molecule has 0 amide bonds. The zero-order valence-corrected chi connectivity index (χ0v) is 27.0. The molecule has 7 aromatic rings. The van der Waals surface area contributed by atoms with E-state index in [1.54, 1.807) is 11.1 Å². The van der Waals surface area contributed by atoms with Gasteiger partial charge in [0.1, 0.15) is 0 Å². The summed E-state index contributed by atoms with van der Waals surface area (Å²) < 4.78 is 0. The maximum Gasteiger partial charge on any atom is 0.0166 e. The van der Waals surface area contributed by atoms with Crippen LogP contribution in [0.25, 0.3) is 60.5 Å². The highest BCUT2D eigenvalue weighted by atomic mass is 32.2. The number of benzene rings is 7. The van der Waals surface area contributed by atoms with Crippen LogP contribution in [0.15, 0.2) is 155 Å². The van der Waals surface area contributed by atoms with E-state index < -0.39 is 0 Å². The highest BCUT2D eigenvalue weighted by Gasteiger charge is 2.33. The molecule has 9 rings (SSSR count). The molecule has 0 bridgehead atoms. The second-order valence-corrected chi connectivity index (χ2v) is 13.8. The summed E-state index contributed by atoms with van der Waals surface area (Å²) in [5.74, 6) is 0.489. The molecule has 0 spiro atoms. The van der Waals surface area contributed by atoms with Crippen molar-refractivity contribution in [1.29, 1.82) is 0 Å². The Morgan fingerprint density at radius 2 is 1.11 bits per heavy atom. The van der Waals surface area contributed by atoms with Gasteiger partial charge in [-0.05, 0) is 115 Å². The quantitative estimate of drug-likeness (QED) is 0.180. The van der Waals surface area contributed by atoms with E-state index in [0.29, 0.717) is 5.92 Å². The Morgan fingerprint density at radius 1 is 0.543 bits per heavy atom. The number of allylic oxidation sites excluding steroid dienone is 2. The van der Waals surface area contributed by atoms with Crippen LogP contribution in [0.1, 0.15) is 42.9 Å². The van der Waals surface area contributed by atoms with Crippen molar-refractivity contribution in [2.24, 2.45) is 0 Å². The molecule has 1 unspecified atom stereocenters. The van der Waals surface area contributed by atoms with Gasteiger partial charge in [0.15, 0.2) is 0 Å². The molecular weight excluding hydrogens is 573 g/mol.